The summed E-state index contributed by atoms with van der Waals surface area (Å²) < 4.78 is 4.82. The fraction of sp³-hybridized carbons (Fsp3) is 0.545. The second-order valence-corrected chi connectivity index (χ2v) is 3.42. The Labute approximate surface area is 95.3 Å². The van der Waals surface area contributed by atoms with Crippen LogP contribution in [0.2, 0.25) is 0 Å². The summed E-state index contributed by atoms with van der Waals surface area (Å²) in [7, 11) is 0. The molecule has 0 unspecified atom stereocenters. The number of carbonyl (C=O) groups is 1. The van der Waals surface area contributed by atoms with Crippen molar-refractivity contribution in [3.8, 4) is 0 Å². The monoisotopic (exact) mass is 223 g/mol. The Morgan fingerprint density at radius 2 is 2.19 bits per heavy atom. The molecule has 1 N–H and O–H groups in total. The van der Waals surface area contributed by atoms with Gasteiger partial charge in [0.2, 0.25) is 0 Å². The minimum atomic E-state index is -0.197. The summed E-state index contributed by atoms with van der Waals surface area (Å²) in [5, 5.41) is 3.06. The van der Waals surface area contributed by atoms with Crippen molar-refractivity contribution in [3.63, 3.8) is 0 Å². The van der Waals surface area contributed by atoms with Crippen LogP contribution < -0.4 is 5.32 Å². The molecule has 0 bridgehead atoms. The summed E-state index contributed by atoms with van der Waals surface area (Å²) >= 11 is 0. The van der Waals surface area contributed by atoms with E-state index in [1.54, 1.807) is 6.92 Å². The van der Waals surface area contributed by atoms with Crippen molar-refractivity contribution in [1.82, 2.24) is 9.97 Å². The maximum absolute atomic E-state index is 11.1. The summed E-state index contributed by atoms with van der Waals surface area (Å²) in [5.41, 5.74) is 0.908. The van der Waals surface area contributed by atoms with Crippen molar-refractivity contribution in [3.05, 3.63) is 17.6 Å². The van der Waals surface area contributed by atoms with E-state index in [4.69, 9.17) is 4.74 Å². The van der Waals surface area contributed by atoms with Crippen LogP contribution in [0.15, 0.2) is 6.07 Å². The van der Waals surface area contributed by atoms with E-state index in [9.17, 15) is 4.79 Å². The van der Waals surface area contributed by atoms with E-state index in [0.717, 1.165) is 17.3 Å². The number of carbonyl (C=O) groups excluding carboxylic acids is 1. The van der Waals surface area contributed by atoms with Gasteiger partial charge in [-0.2, -0.15) is 0 Å². The van der Waals surface area contributed by atoms with E-state index in [-0.39, 0.29) is 5.97 Å². The molecule has 16 heavy (non-hydrogen) atoms. The summed E-state index contributed by atoms with van der Waals surface area (Å²) in [6.45, 7) is 6.48. The average molecular weight is 223 g/mol. The standard InChI is InChI=1S/C11H17N3O2/c1-4-16-11(15)5-6-12-10-7-8(2)13-9(3)14-10/h7H,4-6H2,1-3H3,(H,12,13,14). The third-order valence-corrected chi connectivity index (χ3v) is 1.91. The van der Waals surface area contributed by atoms with Crippen LogP contribution >= 0.6 is 0 Å². The lowest BCUT2D eigenvalue weighted by molar-refractivity contribution is -0.142. The van der Waals surface area contributed by atoms with Crippen LogP contribution in [0.4, 0.5) is 5.82 Å². The van der Waals surface area contributed by atoms with Gasteiger partial charge in [0.1, 0.15) is 11.6 Å². The summed E-state index contributed by atoms with van der Waals surface area (Å²) in [6.07, 6.45) is 0.343. The largest absolute Gasteiger partial charge is 0.466 e. The molecule has 0 radical (unpaired) electrons. The molecule has 0 aromatic carbocycles. The summed E-state index contributed by atoms with van der Waals surface area (Å²) in [5.74, 6) is 1.27. The van der Waals surface area contributed by atoms with Gasteiger partial charge in [-0.15, -0.1) is 0 Å². The lowest BCUT2D eigenvalue weighted by Crippen LogP contribution is -2.12. The number of anilines is 1. The lowest BCUT2D eigenvalue weighted by atomic mass is 10.4. The van der Waals surface area contributed by atoms with Crippen molar-refractivity contribution in [2.45, 2.75) is 27.2 Å². The zero-order valence-electron chi connectivity index (χ0n) is 9.91. The second-order valence-electron chi connectivity index (χ2n) is 3.42. The molecule has 88 valence electrons. The molecule has 5 nitrogen and oxygen atoms in total. The van der Waals surface area contributed by atoms with Gasteiger partial charge >= 0.3 is 5.97 Å². The Morgan fingerprint density at radius 3 is 2.81 bits per heavy atom. The third kappa shape index (κ3) is 4.25. The number of hydrogen-bond acceptors (Lipinski definition) is 5. The van der Waals surface area contributed by atoms with Crippen LogP contribution in [0.25, 0.3) is 0 Å². The van der Waals surface area contributed by atoms with Crippen LogP contribution in [0, 0.1) is 13.8 Å². The normalized spacial score (nSPS) is 9.94. The molecular formula is C11H17N3O2. The number of aromatic nitrogens is 2. The highest BCUT2D eigenvalue weighted by molar-refractivity contribution is 5.69. The number of esters is 1. The molecule has 5 heteroatoms. The van der Waals surface area contributed by atoms with Gasteiger partial charge in [0.05, 0.1) is 13.0 Å². The summed E-state index contributed by atoms with van der Waals surface area (Å²) in [6, 6.07) is 1.85. The highest BCUT2D eigenvalue weighted by Gasteiger charge is 2.02. The second kappa shape index (κ2) is 6.05. The molecule has 0 aliphatic heterocycles. The van der Waals surface area contributed by atoms with Gasteiger partial charge < -0.3 is 10.1 Å². The molecule has 0 amide bonds. The highest BCUT2D eigenvalue weighted by atomic mass is 16.5. The number of ether oxygens (including phenoxy) is 1. The zero-order chi connectivity index (χ0) is 12.0. The Bertz CT molecular complexity index is 346. The lowest BCUT2D eigenvalue weighted by Gasteiger charge is -2.06. The first kappa shape index (κ1) is 12.4. The SMILES string of the molecule is CCOC(=O)CCNc1cc(C)nc(C)n1. The van der Waals surface area contributed by atoms with Crippen LogP contribution in [0.3, 0.4) is 0 Å². The van der Waals surface area contributed by atoms with Gasteiger partial charge in [0.25, 0.3) is 0 Å². The van der Waals surface area contributed by atoms with Gasteiger partial charge in [-0.1, -0.05) is 0 Å². The van der Waals surface area contributed by atoms with Gasteiger partial charge in [0.15, 0.2) is 0 Å². The summed E-state index contributed by atoms with van der Waals surface area (Å²) in [4.78, 5) is 19.4. The van der Waals surface area contributed by atoms with Gasteiger partial charge in [-0.3, -0.25) is 4.79 Å². The average Bonchev–Trinajstić information content (AvgIpc) is 2.16. The minimum Gasteiger partial charge on any atom is -0.466 e. The van der Waals surface area contributed by atoms with E-state index in [2.05, 4.69) is 15.3 Å². The maximum Gasteiger partial charge on any atom is 0.307 e. The van der Waals surface area contributed by atoms with Gasteiger partial charge in [0, 0.05) is 18.3 Å². The van der Waals surface area contributed by atoms with Crippen molar-refractivity contribution in [1.29, 1.82) is 0 Å². The Hall–Kier alpha value is -1.65. The van der Waals surface area contributed by atoms with Crippen LogP contribution in [0.1, 0.15) is 24.9 Å². The van der Waals surface area contributed by atoms with Gasteiger partial charge in [-0.25, -0.2) is 9.97 Å². The van der Waals surface area contributed by atoms with Crippen molar-refractivity contribution >= 4 is 11.8 Å². The van der Waals surface area contributed by atoms with Crippen molar-refractivity contribution < 1.29 is 9.53 Å². The van der Waals surface area contributed by atoms with E-state index in [0.29, 0.717) is 19.6 Å². The number of rotatable bonds is 5. The Kier molecular flexibility index (Phi) is 4.69. The first-order valence-electron chi connectivity index (χ1n) is 5.33. The first-order chi connectivity index (χ1) is 7.61. The van der Waals surface area contributed by atoms with E-state index in [1.807, 2.05) is 19.9 Å². The van der Waals surface area contributed by atoms with Gasteiger partial charge in [-0.05, 0) is 20.8 Å². The Balaban J connectivity index is 2.40. The smallest absolute Gasteiger partial charge is 0.307 e. The number of aryl methyl sites for hydroxylation is 2. The van der Waals surface area contributed by atoms with E-state index >= 15 is 0 Å². The third-order valence-electron chi connectivity index (χ3n) is 1.91. The molecule has 0 saturated carbocycles. The van der Waals surface area contributed by atoms with Crippen LogP contribution in [-0.2, 0) is 9.53 Å². The first-order valence-corrected chi connectivity index (χ1v) is 5.33. The fourth-order valence-electron chi connectivity index (χ4n) is 1.33. The molecular weight excluding hydrogens is 206 g/mol. The molecule has 1 heterocycles. The minimum absolute atomic E-state index is 0.197. The fourth-order valence-corrected chi connectivity index (χ4v) is 1.33. The molecule has 0 atom stereocenters. The van der Waals surface area contributed by atoms with Crippen molar-refractivity contribution in [2.75, 3.05) is 18.5 Å². The molecule has 0 saturated heterocycles. The number of nitrogens with zero attached hydrogens (tertiary/aromatic N) is 2. The highest BCUT2D eigenvalue weighted by Crippen LogP contribution is 2.05. The molecule has 0 spiro atoms. The van der Waals surface area contributed by atoms with E-state index < -0.39 is 0 Å². The van der Waals surface area contributed by atoms with Crippen molar-refractivity contribution in [2.24, 2.45) is 0 Å². The predicted molar refractivity (Wildman–Crippen MR) is 61.2 cm³/mol. The number of nitrogens with one attached hydrogen (secondary N) is 1. The topological polar surface area (TPSA) is 64.1 Å². The molecule has 0 fully saturated rings. The molecule has 1 rings (SSSR count). The predicted octanol–water partition coefficient (Wildman–Crippen LogP) is 1.46. The zero-order valence-corrected chi connectivity index (χ0v) is 9.91. The number of hydrogen-bond donors (Lipinski definition) is 1. The molecule has 0 aliphatic carbocycles. The van der Waals surface area contributed by atoms with Crippen LogP contribution in [-0.4, -0.2) is 29.1 Å². The van der Waals surface area contributed by atoms with Crippen LogP contribution in [0.5, 0.6) is 0 Å². The Morgan fingerprint density at radius 1 is 1.44 bits per heavy atom. The maximum atomic E-state index is 11.1. The molecule has 0 aliphatic rings. The molecule has 1 aromatic heterocycles. The van der Waals surface area contributed by atoms with E-state index in [1.165, 1.54) is 0 Å². The quantitative estimate of drug-likeness (QED) is 0.765. The molecule has 1 aromatic rings.